The fourth-order valence-corrected chi connectivity index (χ4v) is 3.08. The Morgan fingerprint density at radius 3 is 2.64 bits per heavy atom. The Morgan fingerprint density at radius 1 is 1.43 bits per heavy atom. The number of sulfonamides is 1. The van der Waals surface area contributed by atoms with Crippen LogP contribution in [0.5, 0.6) is 0 Å². The number of thiophene rings is 1. The molecule has 0 aliphatic carbocycles. The Bertz CT molecular complexity index is 419. The Balaban J connectivity index is 2.39. The molecule has 0 amide bonds. The highest BCUT2D eigenvalue weighted by Gasteiger charge is 2.26. The van der Waals surface area contributed by atoms with E-state index < -0.39 is 16.3 Å². The first-order valence-electron chi connectivity index (χ1n) is 3.92. The molecule has 2 N–H and O–H groups in total. The highest BCUT2D eigenvalue weighted by atomic mass is 32.2. The summed E-state index contributed by atoms with van der Waals surface area (Å²) in [5.41, 5.74) is 0.495. The Labute approximate surface area is 85.5 Å². The van der Waals surface area contributed by atoms with Crippen molar-refractivity contribution in [3.8, 4) is 0 Å². The number of rotatable bonds is 2. The van der Waals surface area contributed by atoms with Crippen LogP contribution in [0.15, 0.2) is 15.7 Å². The van der Waals surface area contributed by atoms with E-state index in [4.69, 9.17) is 14.6 Å². The molecule has 0 saturated carbocycles. The molecule has 0 unspecified atom stereocenters. The average molecular weight is 235 g/mol. The number of ether oxygens (including phenoxy) is 2. The zero-order chi connectivity index (χ0) is 10.2. The van der Waals surface area contributed by atoms with Gasteiger partial charge in [0.15, 0.2) is 6.29 Å². The zero-order valence-corrected chi connectivity index (χ0v) is 8.81. The first kappa shape index (κ1) is 10.1. The maximum atomic E-state index is 11.1. The van der Waals surface area contributed by atoms with Gasteiger partial charge in [-0.3, -0.25) is 0 Å². The maximum absolute atomic E-state index is 11.1. The minimum absolute atomic E-state index is 0.115. The third kappa shape index (κ3) is 1.82. The predicted molar refractivity (Wildman–Crippen MR) is 50.3 cm³/mol. The van der Waals surface area contributed by atoms with Crippen LogP contribution in [0, 0.1) is 0 Å². The number of primary sulfonamides is 1. The molecule has 78 valence electrons. The van der Waals surface area contributed by atoms with Gasteiger partial charge >= 0.3 is 0 Å². The molecular formula is C7H9NO4S2. The Hall–Kier alpha value is -0.470. The van der Waals surface area contributed by atoms with Crippen LogP contribution in [0.2, 0.25) is 0 Å². The summed E-state index contributed by atoms with van der Waals surface area (Å²) >= 11 is 1.07. The van der Waals surface area contributed by atoms with E-state index in [1.807, 2.05) is 0 Å². The smallest absolute Gasteiger partial charge is 0.248 e. The SMILES string of the molecule is NS(=O)(=O)c1sccc1C1OCCO1. The van der Waals surface area contributed by atoms with Gasteiger partial charge < -0.3 is 9.47 Å². The molecule has 2 rings (SSSR count). The molecule has 1 aliphatic rings. The minimum Gasteiger partial charge on any atom is -0.346 e. The second-order valence-electron chi connectivity index (χ2n) is 2.78. The molecule has 0 aromatic carbocycles. The molecule has 1 fully saturated rings. The van der Waals surface area contributed by atoms with Gasteiger partial charge in [-0.1, -0.05) is 0 Å². The van der Waals surface area contributed by atoms with E-state index in [1.54, 1.807) is 11.4 Å². The molecular weight excluding hydrogens is 226 g/mol. The fraction of sp³-hybridized carbons (Fsp3) is 0.429. The van der Waals surface area contributed by atoms with E-state index in [-0.39, 0.29) is 4.21 Å². The summed E-state index contributed by atoms with van der Waals surface area (Å²) in [7, 11) is -3.67. The van der Waals surface area contributed by atoms with Crippen molar-refractivity contribution in [3.63, 3.8) is 0 Å². The van der Waals surface area contributed by atoms with Crippen LogP contribution in [0.3, 0.4) is 0 Å². The van der Waals surface area contributed by atoms with Crippen LogP contribution < -0.4 is 5.14 Å². The molecule has 0 bridgehead atoms. The second kappa shape index (κ2) is 3.59. The molecule has 0 atom stereocenters. The van der Waals surface area contributed by atoms with Gasteiger partial charge in [-0.25, -0.2) is 13.6 Å². The summed E-state index contributed by atoms with van der Waals surface area (Å²) in [6.07, 6.45) is -0.588. The minimum atomic E-state index is -3.67. The number of nitrogens with two attached hydrogens (primary N) is 1. The van der Waals surface area contributed by atoms with Crippen LogP contribution in [0.1, 0.15) is 11.9 Å². The third-order valence-electron chi connectivity index (χ3n) is 1.79. The predicted octanol–water partition coefficient (Wildman–Crippen LogP) is 0.441. The van der Waals surface area contributed by atoms with Crippen molar-refractivity contribution >= 4 is 21.4 Å². The van der Waals surface area contributed by atoms with Gasteiger partial charge in [0.1, 0.15) is 4.21 Å². The maximum Gasteiger partial charge on any atom is 0.248 e. The quantitative estimate of drug-likeness (QED) is 0.806. The topological polar surface area (TPSA) is 78.6 Å². The van der Waals surface area contributed by atoms with E-state index >= 15 is 0 Å². The van der Waals surface area contributed by atoms with Crippen LogP contribution in [0.4, 0.5) is 0 Å². The van der Waals surface area contributed by atoms with Crippen molar-refractivity contribution in [2.45, 2.75) is 10.5 Å². The molecule has 1 aromatic heterocycles. The lowest BCUT2D eigenvalue weighted by Crippen LogP contribution is -2.14. The van der Waals surface area contributed by atoms with Crippen molar-refractivity contribution in [1.29, 1.82) is 0 Å². The van der Waals surface area contributed by atoms with E-state index in [1.165, 1.54) is 0 Å². The standard InChI is InChI=1S/C7H9NO4S2/c8-14(9,10)7-5(1-4-13-7)6-11-2-3-12-6/h1,4,6H,2-3H2,(H2,8,9,10). The molecule has 0 radical (unpaired) electrons. The second-order valence-corrected chi connectivity index (χ2v) is 5.45. The first-order valence-corrected chi connectivity index (χ1v) is 6.35. The van der Waals surface area contributed by atoms with Crippen molar-refractivity contribution in [2.75, 3.05) is 13.2 Å². The summed E-state index contributed by atoms with van der Waals surface area (Å²) in [6.45, 7) is 0.954. The van der Waals surface area contributed by atoms with Gasteiger partial charge in [0, 0.05) is 5.56 Å². The molecule has 2 heterocycles. The lowest BCUT2D eigenvalue weighted by Gasteiger charge is -2.08. The average Bonchev–Trinajstić information content (AvgIpc) is 2.73. The molecule has 7 heteroatoms. The third-order valence-corrected chi connectivity index (χ3v) is 4.25. The van der Waals surface area contributed by atoms with E-state index in [2.05, 4.69) is 0 Å². The summed E-state index contributed by atoms with van der Waals surface area (Å²) in [4.78, 5) is 0. The van der Waals surface area contributed by atoms with Crippen molar-refractivity contribution in [3.05, 3.63) is 17.0 Å². The molecule has 5 nitrogen and oxygen atoms in total. The fourth-order valence-electron chi connectivity index (χ4n) is 1.25. The van der Waals surface area contributed by atoms with Crippen LogP contribution in [-0.4, -0.2) is 21.6 Å². The molecule has 1 aromatic rings. The highest BCUT2D eigenvalue weighted by Crippen LogP contribution is 2.31. The van der Waals surface area contributed by atoms with Crippen molar-refractivity contribution < 1.29 is 17.9 Å². The first-order chi connectivity index (χ1) is 6.59. The lowest BCUT2D eigenvalue weighted by atomic mass is 10.3. The summed E-state index contributed by atoms with van der Waals surface area (Å²) < 4.78 is 32.8. The molecule has 0 spiro atoms. The zero-order valence-electron chi connectivity index (χ0n) is 7.17. The Kier molecular flexibility index (Phi) is 2.58. The highest BCUT2D eigenvalue weighted by molar-refractivity contribution is 7.91. The van der Waals surface area contributed by atoms with Crippen LogP contribution in [0.25, 0.3) is 0 Å². The van der Waals surface area contributed by atoms with Gasteiger partial charge in [-0.05, 0) is 11.4 Å². The Morgan fingerprint density at radius 2 is 2.07 bits per heavy atom. The molecule has 1 saturated heterocycles. The van der Waals surface area contributed by atoms with Crippen LogP contribution >= 0.6 is 11.3 Å². The van der Waals surface area contributed by atoms with Gasteiger partial charge in [0.25, 0.3) is 0 Å². The number of hydrogen-bond donors (Lipinski definition) is 1. The molecule has 14 heavy (non-hydrogen) atoms. The number of hydrogen-bond acceptors (Lipinski definition) is 5. The van der Waals surface area contributed by atoms with E-state index in [0.717, 1.165) is 11.3 Å². The van der Waals surface area contributed by atoms with Gasteiger partial charge in [-0.2, -0.15) is 0 Å². The monoisotopic (exact) mass is 235 g/mol. The van der Waals surface area contributed by atoms with Gasteiger partial charge in [0.05, 0.1) is 13.2 Å². The lowest BCUT2D eigenvalue weighted by molar-refractivity contribution is -0.0456. The van der Waals surface area contributed by atoms with Crippen molar-refractivity contribution in [1.82, 2.24) is 0 Å². The van der Waals surface area contributed by atoms with Crippen molar-refractivity contribution in [2.24, 2.45) is 5.14 Å². The summed E-state index contributed by atoms with van der Waals surface area (Å²) in [6, 6.07) is 1.65. The van der Waals surface area contributed by atoms with Crippen LogP contribution in [-0.2, 0) is 19.5 Å². The van der Waals surface area contributed by atoms with E-state index in [0.29, 0.717) is 18.8 Å². The summed E-state index contributed by atoms with van der Waals surface area (Å²) in [5, 5.41) is 6.69. The van der Waals surface area contributed by atoms with Gasteiger partial charge in [-0.15, -0.1) is 11.3 Å². The van der Waals surface area contributed by atoms with Gasteiger partial charge in [0.2, 0.25) is 10.0 Å². The largest absolute Gasteiger partial charge is 0.346 e. The normalized spacial score (nSPS) is 18.9. The summed E-state index contributed by atoms with van der Waals surface area (Å²) in [5.74, 6) is 0. The molecule has 1 aliphatic heterocycles. The van der Waals surface area contributed by atoms with E-state index in [9.17, 15) is 8.42 Å².